The van der Waals surface area contributed by atoms with Gasteiger partial charge in [-0.25, -0.2) is 0 Å². The number of unbranched alkanes of at least 4 members (excludes halogenated alkanes) is 5. The molecule has 1 heteroatoms. The molecule has 0 aliphatic rings. The summed E-state index contributed by atoms with van der Waals surface area (Å²) >= 11 is 0. The average Bonchev–Trinajstić information content (AvgIpc) is 2.81. The van der Waals surface area contributed by atoms with Crippen LogP contribution in [0.2, 0.25) is 0 Å². The Labute approximate surface area is 199 Å². The predicted octanol–water partition coefficient (Wildman–Crippen LogP) is 9.18. The molecule has 0 N–H and O–H groups in total. The Bertz CT molecular complexity index is 853. The molecule has 0 aliphatic carbocycles. The lowest BCUT2D eigenvalue weighted by Crippen LogP contribution is -2.19. The van der Waals surface area contributed by atoms with E-state index in [0.717, 1.165) is 0 Å². The molecule has 0 aliphatic heterocycles. The number of rotatable bonds is 13. The van der Waals surface area contributed by atoms with Gasteiger partial charge in [0.1, 0.15) is 0 Å². The van der Waals surface area contributed by atoms with Crippen LogP contribution in [-0.4, -0.2) is 0 Å². The Hall–Kier alpha value is -1.91. The van der Waals surface area contributed by atoms with Crippen molar-refractivity contribution in [3.63, 3.8) is 0 Å². The van der Waals surface area contributed by atoms with E-state index in [1.54, 1.807) is 0 Å². The van der Waals surface area contributed by atoms with Gasteiger partial charge in [-0.3, -0.25) is 0 Å². The minimum absolute atomic E-state index is 0.228. The summed E-state index contributed by atoms with van der Waals surface area (Å²) in [6.07, 6.45) is 20.4. The van der Waals surface area contributed by atoms with Gasteiger partial charge in [0.25, 0.3) is 0 Å². The second kappa shape index (κ2) is 14.3. The summed E-state index contributed by atoms with van der Waals surface area (Å²) in [5, 5.41) is 4.19. The fraction of sp³-hybridized carbons (Fsp3) is 0.419. The average molecular weight is 447 g/mol. The first-order valence-corrected chi connectivity index (χ1v) is 13.8. The van der Waals surface area contributed by atoms with Crippen molar-refractivity contribution in [1.29, 1.82) is 0 Å². The minimum atomic E-state index is -0.577. The third-order valence-electron chi connectivity index (χ3n) is 6.13. The number of hydrogen-bond donors (Lipinski definition) is 0. The second-order valence-corrected chi connectivity index (χ2v) is 11.5. The molecule has 0 aromatic heterocycles. The Morgan fingerprint density at radius 2 is 1.41 bits per heavy atom. The first kappa shape index (κ1) is 26.3. The van der Waals surface area contributed by atoms with Gasteiger partial charge < -0.3 is 0 Å². The highest BCUT2D eigenvalue weighted by Crippen LogP contribution is 2.44. The molecule has 0 spiro atoms. The van der Waals surface area contributed by atoms with Crippen LogP contribution < -0.4 is 10.6 Å². The van der Waals surface area contributed by atoms with Gasteiger partial charge in [-0.2, -0.15) is 0 Å². The molecular weight excluding hydrogens is 403 g/mol. The van der Waals surface area contributed by atoms with Crippen LogP contribution in [0.4, 0.5) is 0 Å². The lowest BCUT2D eigenvalue weighted by Gasteiger charge is -2.27. The maximum atomic E-state index is 2.41. The van der Waals surface area contributed by atoms with Crippen molar-refractivity contribution in [3.05, 3.63) is 95.9 Å². The molecule has 0 bridgehead atoms. The fourth-order valence-electron chi connectivity index (χ4n) is 4.15. The van der Waals surface area contributed by atoms with E-state index in [0.29, 0.717) is 0 Å². The van der Waals surface area contributed by atoms with Gasteiger partial charge in [0.15, 0.2) is 0 Å². The van der Waals surface area contributed by atoms with E-state index in [2.05, 4.69) is 120 Å². The molecule has 0 saturated carbocycles. The molecule has 0 saturated heterocycles. The van der Waals surface area contributed by atoms with E-state index >= 15 is 0 Å². The summed E-state index contributed by atoms with van der Waals surface area (Å²) in [6, 6.07) is 20.5. The van der Waals surface area contributed by atoms with Gasteiger partial charge in [-0.05, 0) is 55.1 Å². The van der Waals surface area contributed by atoms with Gasteiger partial charge in [-0.15, -0.1) is 0 Å². The summed E-state index contributed by atoms with van der Waals surface area (Å²) in [5.41, 5.74) is 1.69. The Morgan fingerprint density at radius 1 is 0.781 bits per heavy atom. The summed E-state index contributed by atoms with van der Waals surface area (Å²) < 4.78 is 0. The van der Waals surface area contributed by atoms with Crippen LogP contribution in [0.5, 0.6) is 0 Å². The maximum Gasteiger partial charge on any atom is -0.0104 e. The molecular formula is C31H43P. The Morgan fingerprint density at radius 3 is 2.03 bits per heavy atom. The van der Waals surface area contributed by atoms with E-state index in [9.17, 15) is 0 Å². The zero-order chi connectivity index (χ0) is 23.2. The Kier molecular flexibility index (Phi) is 11.8. The van der Waals surface area contributed by atoms with E-state index in [1.807, 2.05) is 0 Å². The number of hydrogen-bond acceptors (Lipinski definition) is 0. The first-order valence-electron chi connectivity index (χ1n) is 12.4. The lowest BCUT2D eigenvalue weighted by molar-refractivity contribution is 0.443. The minimum Gasteiger partial charge on any atom is -0.0876 e. The van der Waals surface area contributed by atoms with Gasteiger partial charge in [0.05, 0.1) is 0 Å². The van der Waals surface area contributed by atoms with Crippen molar-refractivity contribution < 1.29 is 0 Å². The highest BCUT2D eigenvalue weighted by atomic mass is 31.1. The second-order valence-electron chi connectivity index (χ2n) is 9.24. The normalized spacial score (nSPS) is 13.8. The van der Waals surface area contributed by atoms with Crippen molar-refractivity contribution in [2.24, 2.45) is 0 Å². The van der Waals surface area contributed by atoms with Crippen molar-refractivity contribution >= 4 is 18.5 Å². The van der Waals surface area contributed by atoms with E-state index in [1.165, 1.54) is 66.4 Å². The van der Waals surface area contributed by atoms with E-state index in [4.69, 9.17) is 0 Å². The highest BCUT2D eigenvalue weighted by Gasteiger charge is 2.22. The van der Waals surface area contributed by atoms with Crippen LogP contribution in [-0.2, 0) is 5.41 Å². The molecule has 1 atom stereocenters. The van der Waals surface area contributed by atoms with Crippen molar-refractivity contribution in [2.75, 3.05) is 0 Å². The van der Waals surface area contributed by atoms with Crippen molar-refractivity contribution in [2.45, 2.75) is 85.0 Å². The van der Waals surface area contributed by atoms with Gasteiger partial charge in [0, 0.05) is 0 Å². The SMILES string of the molecule is C\C=C/C=C(\C=C/C)P(c1ccccc1)c1ccc(C(C)(C)CCCCCCCC)cc1. The highest BCUT2D eigenvalue weighted by molar-refractivity contribution is 7.77. The predicted molar refractivity (Wildman–Crippen MR) is 148 cm³/mol. The van der Waals surface area contributed by atoms with Crippen LogP contribution in [0.15, 0.2) is 90.3 Å². The van der Waals surface area contributed by atoms with Gasteiger partial charge >= 0.3 is 0 Å². The Balaban J connectivity index is 2.23. The maximum absolute atomic E-state index is 2.41. The molecule has 0 nitrogen and oxygen atoms in total. The third-order valence-corrected chi connectivity index (χ3v) is 8.58. The van der Waals surface area contributed by atoms with Crippen LogP contribution in [0, 0.1) is 0 Å². The van der Waals surface area contributed by atoms with E-state index in [-0.39, 0.29) is 5.41 Å². The smallest absolute Gasteiger partial charge is 0.0104 e. The largest absolute Gasteiger partial charge is 0.0876 e. The van der Waals surface area contributed by atoms with Crippen LogP contribution >= 0.6 is 7.92 Å². The standard InChI is InChI=1S/C31H43P/c1-6-9-11-12-13-17-26-31(4,5)27-22-24-30(25-23-27)32(29-20-15-14-16-21-29)28(18-8-3)19-10-7-2/h7-8,10,14-16,18-25H,6,9,11-13,17,26H2,1-5H3/b10-7-,18-8-,28-19+. The summed E-state index contributed by atoms with van der Waals surface area (Å²) in [6.45, 7) is 11.3. The van der Waals surface area contributed by atoms with Gasteiger partial charge in [-0.1, -0.05) is 144 Å². The molecule has 0 fully saturated rings. The quantitative estimate of drug-likeness (QED) is 0.163. The number of allylic oxidation sites excluding steroid dienone is 6. The van der Waals surface area contributed by atoms with E-state index < -0.39 is 7.92 Å². The summed E-state index contributed by atoms with van der Waals surface area (Å²) in [5.74, 6) is 0. The topological polar surface area (TPSA) is 0 Å². The molecule has 2 aromatic rings. The van der Waals surface area contributed by atoms with Crippen molar-refractivity contribution in [3.8, 4) is 0 Å². The van der Waals surface area contributed by atoms with Crippen LogP contribution in [0.3, 0.4) is 0 Å². The molecule has 172 valence electrons. The molecule has 0 amide bonds. The van der Waals surface area contributed by atoms with Crippen molar-refractivity contribution in [1.82, 2.24) is 0 Å². The zero-order valence-corrected chi connectivity index (χ0v) is 21.9. The molecule has 1 unspecified atom stereocenters. The monoisotopic (exact) mass is 446 g/mol. The number of benzene rings is 2. The van der Waals surface area contributed by atoms with Gasteiger partial charge in [0.2, 0.25) is 0 Å². The van der Waals surface area contributed by atoms with Crippen LogP contribution in [0.1, 0.15) is 85.1 Å². The molecule has 32 heavy (non-hydrogen) atoms. The summed E-state index contributed by atoms with van der Waals surface area (Å²) in [7, 11) is -0.577. The van der Waals surface area contributed by atoms with Crippen LogP contribution in [0.25, 0.3) is 0 Å². The third kappa shape index (κ3) is 8.22. The molecule has 2 rings (SSSR count). The molecule has 2 aromatic carbocycles. The molecule has 0 heterocycles. The first-order chi connectivity index (χ1) is 15.5. The fourth-order valence-corrected chi connectivity index (χ4v) is 6.49. The lowest BCUT2D eigenvalue weighted by atomic mass is 9.80. The zero-order valence-electron chi connectivity index (χ0n) is 21.0. The summed E-state index contributed by atoms with van der Waals surface area (Å²) in [4.78, 5) is 0. The molecule has 0 radical (unpaired) electrons.